The molecular weight excluding hydrogens is 405 g/mol. The lowest BCUT2D eigenvalue weighted by Gasteiger charge is -2.33. The van der Waals surface area contributed by atoms with Gasteiger partial charge in [0.1, 0.15) is 5.69 Å². The first-order valence-corrected chi connectivity index (χ1v) is 8.61. The zero-order valence-electron chi connectivity index (χ0n) is 14.5. The van der Waals surface area contributed by atoms with E-state index in [1.807, 2.05) is 6.07 Å². The number of anilines is 1. The number of aromatic nitrogens is 5. The summed E-state index contributed by atoms with van der Waals surface area (Å²) < 4.78 is 33.5. The molecule has 0 radical (unpaired) electrons. The number of hydrogen-bond donors (Lipinski definition) is 2. The molecule has 2 N–H and O–H groups in total. The van der Waals surface area contributed by atoms with Crippen LogP contribution in [0.25, 0.3) is 0 Å². The third-order valence-corrected chi connectivity index (χ3v) is 4.10. The second-order valence-corrected chi connectivity index (χ2v) is 6.45. The van der Waals surface area contributed by atoms with Crippen molar-refractivity contribution in [2.75, 3.05) is 18.0 Å². The Balaban J connectivity index is 0.000000345. The number of piperidine rings is 1. The summed E-state index contributed by atoms with van der Waals surface area (Å²) in [4.78, 5) is 11.1. The maximum atomic E-state index is 10.6. The molecule has 0 spiro atoms. The van der Waals surface area contributed by atoms with Gasteiger partial charge in [-0.25, -0.2) is 4.79 Å². The van der Waals surface area contributed by atoms with E-state index < -0.39 is 12.1 Å². The molecule has 1 aliphatic heterocycles. The van der Waals surface area contributed by atoms with Crippen LogP contribution >= 0.6 is 11.6 Å². The Morgan fingerprint density at radius 2 is 2.00 bits per heavy atom. The molecule has 0 amide bonds. The molecule has 3 heterocycles. The Labute approximate surface area is 162 Å². The van der Waals surface area contributed by atoms with Crippen LogP contribution in [-0.4, -0.2) is 60.6 Å². The minimum Gasteiger partial charge on any atom is -0.475 e. The van der Waals surface area contributed by atoms with Crippen LogP contribution in [0, 0.1) is 5.92 Å². The SMILES string of the molecule is O=C(O)C(F)(F)F.OCc1cn(CC2CCCN(c3ccc(Cl)nn3)C2)nn1. The molecule has 1 fully saturated rings. The van der Waals surface area contributed by atoms with Gasteiger partial charge in [0.05, 0.1) is 12.8 Å². The lowest BCUT2D eigenvalue weighted by Crippen LogP contribution is -2.37. The van der Waals surface area contributed by atoms with E-state index in [1.165, 1.54) is 0 Å². The maximum absolute atomic E-state index is 10.6. The van der Waals surface area contributed by atoms with Gasteiger partial charge < -0.3 is 15.1 Å². The van der Waals surface area contributed by atoms with E-state index in [1.54, 1.807) is 16.9 Å². The number of carbonyl (C=O) groups is 1. The number of aliphatic carboxylic acids is 1. The summed E-state index contributed by atoms with van der Waals surface area (Å²) in [6.45, 7) is 2.61. The van der Waals surface area contributed by atoms with Crippen molar-refractivity contribution in [2.45, 2.75) is 32.2 Å². The van der Waals surface area contributed by atoms with E-state index >= 15 is 0 Å². The highest BCUT2D eigenvalue weighted by atomic mass is 35.5. The molecule has 0 aromatic carbocycles. The van der Waals surface area contributed by atoms with Gasteiger partial charge in [-0.3, -0.25) is 4.68 Å². The minimum absolute atomic E-state index is 0.0723. The molecule has 2 aromatic rings. The van der Waals surface area contributed by atoms with Gasteiger partial charge in [-0.05, 0) is 30.9 Å². The van der Waals surface area contributed by atoms with Gasteiger partial charge in [-0.2, -0.15) is 13.2 Å². The Bertz CT molecular complexity index is 771. The molecule has 0 bridgehead atoms. The zero-order chi connectivity index (χ0) is 20.7. The predicted octanol–water partition coefficient (Wildman–Crippen LogP) is 1.76. The second kappa shape index (κ2) is 9.64. The number of nitrogens with zero attached hydrogens (tertiary/aromatic N) is 6. The number of halogens is 4. The summed E-state index contributed by atoms with van der Waals surface area (Å²) in [5.74, 6) is -1.42. The fourth-order valence-corrected chi connectivity index (χ4v) is 2.77. The van der Waals surface area contributed by atoms with Gasteiger partial charge in [0.2, 0.25) is 0 Å². The fraction of sp³-hybridized carbons (Fsp3) is 0.533. The molecule has 154 valence electrons. The normalized spacial score (nSPS) is 17.0. The van der Waals surface area contributed by atoms with Gasteiger partial charge in [0.15, 0.2) is 11.0 Å². The highest BCUT2D eigenvalue weighted by Gasteiger charge is 2.38. The Hall–Kier alpha value is -2.47. The molecule has 9 nitrogen and oxygen atoms in total. The van der Waals surface area contributed by atoms with Crippen molar-refractivity contribution in [1.29, 1.82) is 0 Å². The van der Waals surface area contributed by atoms with Gasteiger partial charge in [-0.1, -0.05) is 16.8 Å². The number of carboxylic acids is 1. The zero-order valence-corrected chi connectivity index (χ0v) is 15.3. The van der Waals surface area contributed by atoms with Crippen molar-refractivity contribution >= 4 is 23.4 Å². The van der Waals surface area contributed by atoms with Crippen molar-refractivity contribution in [3.05, 3.63) is 29.2 Å². The average molecular weight is 423 g/mol. The standard InChI is InChI=1S/C13H17ClN6O.C2HF3O2/c14-12-3-4-13(17-16-12)19-5-1-2-10(6-19)7-20-8-11(9-21)15-18-20;3-2(4,5)1(6)7/h3-4,8,10,21H,1-2,5-7,9H2;(H,6,7). The first-order valence-electron chi connectivity index (χ1n) is 8.23. The molecular formula is C15H18ClF3N6O3. The molecule has 3 rings (SSSR count). The van der Waals surface area contributed by atoms with Gasteiger partial charge >= 0.3 is 12.1 Å². The van der Waals surface area contributed by atoms with Gasteiger partial charge in [-0.15, -0.1) is 15.3 Å². The third kappa shape index (κ3) is 6.60. The Morgan fingerprint density at radius 3 is 2.54 bits per heavy atom. The number of hydrogen-bond acceptors (Lipinski definition) is 7. The summed E-state index contributed by atoms with van der Waals surface area (Å²) in [7, 11) is 0. The highest BCUT2D eigenvalue weighted by Crippen LogP contribution is 2.22. The maximum Gasteiger partial charge on any atom is 0.490 e. The van der Waals surface area contributed by atoms with Gasteiger partial charge in [0, 0.05) is 19.6 Å². The van der Waals surface area contributed by atoms with Crippen molar-refractivity contribution in [2.24, 2.45) is 5.92 Å². The summed E-state index contributed by atoms with van der Waals surface area (Å²) in [5.41, 5.74) is 0.603. The van der Waals surface area contributed by atoms with Crippen molar-refractivity contribution in [3.63, 3.8) is 0 Å². The smallest absolute Gasteiger partial charge is 0.475 e. The molecule has 1 saturated heterocycles. The van der Waals surface area contributed by atoms with E-state index in [-0.39, 0.29) is 6.61 Å². The lowest BCUT2D eigenvalue weighted by molar-refractivity contribution is -0.192. The summed E-state index contributed by atoms with van der Waals surface area (Å²) in [6.07, 6.45) is -1.04. The highest BCUT2D eigenvalue weighted by molar-refractivity contribution is 6.29. The molecule has 2 aromatic heterocycles. The molecule has 1 atom stereocenters. The molecule has 1 aliphatic rings. The first kappa shape index (κ1) is 21.8. The Kier molecular flexibility index (Phi) is 7.52. The van der Waals surface area contributed by atoms with Crippen LogP contribution in [0.4, 0.5) is 19.0 Å². The van der Waals surface area contributed by atoms with Gasteiger partial charge in [0.25, 0.3) is 0 Å². The first-order chi connectivity index (χ1) is 13.2. The van der Waals surface area contributed by atoms with E-state index in [2.05, 4.69) is 25.4 Å². The van der Waals surface area contributed by atoms with Crippen molar-refractivity contribution < 1.29 is 28.2 Å². The second-order valence-electron chi connectivity index (χ2n) is 6.06. The van der Waals surface area contributed by atoms with Crippen LogP contribution in [0.3, 0.4) is 0 Å². The number of rotatable bonds is 4. The lowest BCUT2D eigenvalue weighted by atomic mass is 9.98. The summed E-state index contributed by atoms with van der Waals surface area (Å²) in [5, 5.41) is 32.5. The van der Waals surface area contributed by atoms with Crippen LogP contribution in [0.2, 0.25) is 5.15 Å². The Morgan fingerprint density at radius 1 is 1.29 bits per heavy atom. The molecule has 0 saturated carbocycles. The van der Waals surface area contributed by atoms with E-state index in [0.717, 1.165) is 38.3 Å². The molecule has 28 heavy (non-hydrogen) atoms. The topological polar surface area (TPSA) is 117 Å². The van der Waals surface area contributed by atoms with Crippen LogP contribution in [0.1, 0.15) is 18.5 Å². The molecule has 0 aliphatic carbocycles. The van der Waals surface area contributed by atoms with E-state index in [0.29, 0.717) is 16.8 Å². The van der Waals surface area contributed by atoms with Crippen LogP contribution in [0.5, 0.6) is 0 Å². The van der Waals surface area contributed by atoms with Crippen molar-refractivity contribution in [1.82, 2.24) is 25.2 Å². The van der Waals surface area contributed by atoms with Crippen LogP contribution in [0.15, 0.2) is 18.3 Å². The summed E-state index contributed by atoms with van der Waals surface area (Å²) in [6, 6.07) is 3.66. The van der Waals surface area contributed by atoms with Crippen LogP contribution in [-0.2, 0) is 17.9 Å². The van der Waals surface area contributed by atoms with Crippen molar-refractivity contribution in [3.8, 4) is 0 Å². The molecule has 1 unspecified atom stereocenters. The monoisotopic (exact) mass is 422 g/mol. The van der Waals surface area contributed by atoms with E-state index in [4.69, 9.17) is 26.6 Å². The quantitative estimate of drug-likeness (QED) is 0.765. The number of aliphatic hydroxyl groups is 1. The largest absolute Gasteiger partial charge is 0.490 e. The summed E-state index contributed by atoms with van der Waals surface area (Å²) >= 11 is 5.77. The number of aliphatic hydroxyl groups excluding tert-OH is 1. The predicted molar refractivity (Wildman–Crippen MR) is 91.6 cm³/mol. The minimum atomic E-state index is -5.08. The van der Waals surface area contributed by atoms with Crippen LogP contribution < -0.4 is 4.90 Å². The number of carboxylic acid groups (broad SMARTS) is 1. The number of alkyl halides is 3. The fourth-order valence-electron chi connectivity index (χ4n) is 2.66. The van der Waals surface area contributed by atoms with E-state index in [9.17, 15) is 13.2 Å². The average Bonchev–Trinajstić information content (AvgIpc) is 3.10. The third-order valence-electron chi connectivity index (χ3n) is 3.90. The molecule has 13 heteroatoms.